The van der Waals surface area contributed by atoms with Gasteiger partial charge in [-0.1, -0.05) is 5.21 Å². The van der Waals surface area contributed by atoms with Gasteiger partial charge >= 0.3 is 0 Å². The first-order chi connectivity index (χ1) is 16.5. The van der Waals surface area contributed by atoms with Crippen LogP contribution in [0.2, 0.25) is 0 Å². The van der Waals surface area contributed by atoms with E-state index in [1.165, 1.54) is 0 Å². The van der Waals surface area contributed by atoms with Crippen molar-refractivity contribution in [3.63, 3.8) is 0 Å². The fourth-order valence-electron chi connectivity index (χ4n) is 2.93. The van der Waals surface area contributed by atoms with E-state index >= 15 is 0 Å². The van der Waals surface area contributed by atoms with Crippen molar-refractivity contribution < 1.29 is 48.8 Å². The minimum atomic E-state index is -1.37. The van der Waals surface area contributed by atoms with Crippen LogP contribution < -0.4 is 0 Å². The third kappa shape index (κ3) is 11.2. The van der Waals surface area contributed by atoms with Gasteiger partial charge in [-0.2, -0.15) is 0 Å². The predicted molar refractivity (Wildman–Crippen MR) is 120 cm³/mol. The number of aliphatic hydroxyl groups excluding tert-OH is 4. The predicted octanol–water partition coefficient (Wildman–Crippen LogP) is -1.67. The number of unbranched alkanes of at least 4 members (excludes halogenated alkanes) is 1. The molecule has 3 unspecified atom stereocenters. The zero-order valence-corrected chi connectivity index (χ0v) is 20.1. The average molecular weight is 512 g/mol. The fraction of sp³-hybridized carbons (Fsp3) is 0.900. The van der Waals surface area contributed by atoms with Gasteiger partial charge in [0.25, 0.3) is 0 Å². The Labute approximate surface area is 204 Å². The maximum Gasteiger partial charge on any atom is 0.187 e. The van der Waals surface area contributed by atoms with Gasteiger partial charge in [-0.25, -0.2) is 4.68 Å². The van der Waals surface area contributed by atoms with E-state index in [1.54, 1.807) is 10.9 Å². The zero-order chi connectivity index (χ0) is 24.6. The van der Waals surface area contributed by atoms with Crippen LogP contribution in [0.4, 0.5) is 0 Å². The van der Waals surface area contributed by atoms with Gasteiger partial charge in [0, 0.05) is 13.2 Å². The number of thiol groups is 1. The van der Waals surface area contributed by atoms with Crippen LogP contribution in [0.3, 0.4) is 0 Å². The van der Waals surface area contributed by atoms with Gasteiger partial charge in [0.15, 0.2) is 6.29 Å². The van der Waals surface area contributed by atoms with E-state index in [1.807, 2.05) is 0 Å². The maximum atomic E-state index is 9.87. The summed E-state index contributed by atoms with van der Waals surface area (Å²) >= 11 is 4.01. The molecule has 2 heterocycles. The molecule has 0 aromatic carbocycles. The molecule has 14 heteroatoms. The van der Waals surface area contributed by atoms with Crippen molar-refractivity contribution in [2.45, 2.75) is 56.0 Å². The van der Waals surface area contributed by atoms with Gasteiger partial charge in [-0.15, -0.1) is 17.7 Å². The van der Waals surface area contributed by atoms with Crippen LogP contribution in [0.15, 0.2) is 6.20 Å². The number of ether oxygens (including phenoxy) is 6. The zero-order valence-electron chi connectivity index (χ0n) is 19.2. The molecule has 0 bridgehead atoms. The normalized spacial score (nSPS) is 25.1. The lowest BCUT2D eigenvalue weighted by Crippen LogP contribution is -2.56. The van der Waals surface area contributed by atoms with E-state index in [-0.39, 0.29) is 6.61 Å². The third-order valence-electron chi connectivity index (χ3n) is 4.79. The lowest BCUT2D eigenvalue weighted by molar-refractivity contribution is -0.278. The molecule has 34 heavy (non-hydrogen) atoms. The van der Waals surface area contributed by atoms with Gasteiger partial charge in [0.1, 0.15) is 29.4 Å². The Bertz CT molecular complexity index is 643. The molecule has 13 nitrogen and oxygen atoms in total. The topological polar surface area (TPSA) is 167 Å². The number of nitrogens with zero attached hydrogens (tertiary/aromatic N) is 3. The minimum Gasteiger partial charge on any atom is -0.394 e. The SMILES string of the molecule is OCCOCCOCCOCCn1cc(COCCCCO[C@H]2OC(S)[C@@H](O)C(O)C2O)nn1. The number of hydrogen-bond acceptors (Lipinski definition) is 13. The summed E-state index contributed by atoms with van der Waals surface area (Å²) in [6, 6.07) is 0. The van der Waals surface area contributed by atoms with Gasteiger partial charge in [0.05, 0.1) is 65.6 Å². The van der Waals surface area contributed by atoms with E-state index in [9.17, 15) is 15.3 Å². The van der Waals surface area contributed by atoms with Crippen LogP contribution in [0.5, 0.6) is 0 Å². The Hall–Kier alpha value is -0.910. The van der Waals surface area contributed by atoms with Crippen molar-refractivity contribution in [1.29, 1.82) is 0 Å². The van der Waals surface area contributed by atoms with E-state index in [0.29, 0.717) is 78.1 Å². The molecule has 1 saturated heterocycles. The summed E-state index contributed by atoms with van der Waals surface area (Å²) in [6.07, 6.45) is -1.83. The monoisotopic (exact) mass is 511 g/mol. The molecule has 198 valence electrons. The van der Waals surface area contributed by atoms with Crippen molar-refractivity contribution >= 4 is 12.6 Å². The van der Waals surface area contributed by atoms with Crippen LogP contribution >= 0.6 is 12.6 Å². The second-order valence-corrected chi connectivity index (χ2v) is 8.04. The second-order valence-electron chi connectivity index (χ2n) is 7.53. The first kappa shape index (κ1) is 29.3. The van der Waals surface area contributed by atoms with Gasteiger partial charge in [-0.05, 0) is 12.8 Å². The highest BCUT2D eigenvalue weighted by molar-refractivity contribution is 7.80. The molecule has 0 radical (unpaired) electrons. The van der Waals surface area contributed by atoms with Crippen LogP contribution in [0.1, 0.15) is 18.5 Å². The first-order valence-corrected chi connectivity index (χ1v) is 11.8. The quantitative estimate of drug-likeness (QED) is 0.106. The van der Waals surface area contributed by atoms with E-state index in [2.05, 4.69) is 22.9 Å². The molecule has 1 aliphatic rings. The molecular formula is C20H37N3O10S. The van der Waals surface area contributed by atoms with Gasteiger partial charge in [-0.3, -0.25) is 0 Å². The fourth-order valence-corrected chi connectivity index (χ4v) is 3.23. The van der Waals surface area contributed by atoms with Crippen molar-refractivity contribution in [2.24, 2.45) is 0 Å². The smallest absolute Gasteiger partial charge is 0.187 e. The number of hydrogen-bond donors (Lipinski definition) is 5. The largest absolute Gasteiger partial charge is 0.394 e. The molecule has 0 aliphatic carbocycles. The minimum absolute atomic E-state index is 0.00967. The van der Waals surface area contributed by atoms with E-state index in [4.69, 9.17) is 33.5 Å². The molecule has 5 atom stereocenters. The summed E-state index contributed by atoms with van der Waals surface area (Å²) in [7, 11) is 0. The van der Waals surface area contributed by atoms with E-state index in [0.717, 1.165) is 6.42 Å². The Morgan fingerprint density at radius 3 is 2.26 bits per heavy atom. The van der Waals surface area contributed by atoms with Crippen LogP contribution in [-0.4, -0.2) is 125 Å². The Morgan fingerprint density at radius 1 is 0.853 bits per heavy atom. The summed E-state index contributed by atoms with van der Waals surface area (Å²) < 4.78 is 33.9. The van der Waals surface area contributed by atoms with Crippen LogP contribution in [0.25, 0.3) is 0 Å². The van der Waals surface area contributed by atoms with Crippen LogP contribution in [0, 0.1) is 0 Å². The maximum absolute atomic E-state index is 9.87. The molecule has 0 amide bonds. The average Bonchev–Trinajstić information content (AvgIpc) is 3.29. The van der Waals surface area contributed by atoms with Crippen molar-refractivity contribution in [3.05, 3.63) is 11.9 Å². The highest BCUT2D eigenvalue weighted by atomic mass is 32.1. The Balaban J connectivity index is 1.43. The number of aliphatic hydroxyl groups is 4. The Kier molecular flexibility index (Phi) is 15.1. The summed E-state index contributed by atoms with van der Waals surface area (Å²) in [4.78, 5) is 0. The molecule has 1 aromatic rings. The Morgan fingerprint density at radius 2 is 1.53 bits per heavy atom. The molecule has 0 saturated carbocycles. The third-order valence-corrected chi connectivity index (χ3v) is 5.22. The molecule has 0 spiro atoms. The summed E-state index contributed by atoms with van der Waals surface area (Å²) in [5.74, 6) is 0. The van der Waals surface area contributed by atoms with Crippen molar-refractivity contribution in [2.75, 3.05) is 59.5 Å². The molecule has 1 fully saturated rings. The second kappa shape index (κ2) is 17.5. The number of rotatable bonds is 19. The summed E-state index contributed by atoms with van der Waals surface area (Å²) in [5, 5.41) is 45.9. The van der Waals surface area contributed by atoms with Crippen molar-refractivity contribution in [3.8, 4) is 0 Å². The lowest BCUT2D eigenvalue weighted by atomic mass is 10.1. The standard InChI is InChI=1S/C20H37N3O10S/c24-4-8-29-10-12-30-11-9-28-7-3-23-13-15(21-22-23)14-31-5-1-2-6-32-19-17(26)16(25)18(27)20(34)33-19/h13,16-20,24-27,34H,1-12,14H2/t16?,17?,18-,19-,20?/m0/s1. The highest BCUT2D eigenvalue weighted by Gasteiger charge is 2.42. The first-order valence-electron chi connectivity index (χ1n) is 11.3. The molecule has 1 aliphatic heterocycles. The van der Waals surface area contributed by atoms with E-state index < -0.39 is 30.0 Å². The highest BCUT2D eigenvalue weighted by Crippen LogP contribution is 2.24. The summed E-state index contributed by atoms with van der Waals surface area (Å²) in [6.45, 7) is 4.37. The molecule has 1 aromatic heterocycles. The number of aromatic nitrogens is 3. The van der Waals surface area contributed by atoms with Gasteiger partial charge < -0.3 is 48.8 Å². The van der Waals surface area contributed by atoms with Gasteiger partial charge in [0.2, 0.25) is 0 Å². The lowest BCUT2D eigenvalue weighted by Gasteiger charge is -2.38. The molecular weight excluding hydrogens is 474 g/mol. The summed E-state index contributed by atoms with van der Waals surface area (Å²) in [5.41, 5.74) is -0.206. The molecule has 2 rings (SSSR count). The molecule has 4 N–H and O–H groups in total. The van der Waals surface area contributed by atoms with Crippen LogP contribution in [-0.2, 0) is 41.6 Å². The van der Waals surface area contributed by atoms with Crippen molar-refractivity contribution in [1.82, 2.24) is 15.0 Å².